The molecule has 0 aromatic heterocycles. The highest BCUT2D eigenvalue weighted by atomic mass is 14.6. The molecule has 3 atom stereocenters. The zero-order chi connectivity index (χ0) is 38.2. The number of hydrogen-bond donors (Lipinski definition) is 0. The molecule has 0 radical (unpaired) electrons. The zero-order valence-electron chi connectivity index (χ0n) is 33.6. The summed E-state index contributed by atoms with van der Waals surface area (Å²) >= 11 is 0. The summed E-state index contributed by atoms with van der Waals surface area (Å²) in [6, 6.07) is 61.0. The summed E-state index contributed by atoms with van der Waals surface area (Å²) < 4.78 is 0. The molecule has 4 bridgehead atoms. The van der Waals surface area contributed by atoms with Gasteiger partial charge in [-0.1, -0.05) is 146 Å². The van der Waals surface area contributed by atoms with Gasteiger partial charge in [-0.15, -0.1) is 0 Å². The van der Waals surface area contributed by atoms with Crippen molar-refractivity contribution in [2.24, 2.45) is 23.7 Å². The Morgan fingerprint density at radius 3 is 1.37 bits per heavy atom. The van der Waals surface area contributed by atoms with Crippen molar-refractivity contribution in [3.05, 3.63) is 224 Å². The van der Waals surface area contributed by atoms with Crippen molar-refractivity contribution >= 4 is 0 Å². The largest absolute Gasteiger partial charge is 0.0619 e. The summed E-state index contributed by atoms with van der Waals surface area (Å²) in [5, 5.41) is 0. The predicted molar refractivity (Wildman–Crippen MR) is 238 cm³/mol. The Bertz CT molecular complexity index is 2940. The fraction of sp³-hybridized carbons (Fsp3) is 0.288. The average molecular weight is 757 g/mol. The topological polar surface area (TPSA) is 0 Å². The van der Waals surface area contributed by atoms with Gasteiger partial charge in [-0.25, -0.2) is 0 Å². The molecule has 0 heteroatoms. The molecule has 284 valence electrons. The summed E-state index contributed by atoms with van der Waals surface area (Å²) in [6.07, 6.45) is 11.0. The number of benzene rings is 7. The van der Waals surface area contributed by atoms with Crippen molar-refractivity contribution in [3.8, 4) is 22.3 Å². The molecule has 4 fully saturated rings. The Morgan fingerprint density at radius 2 is 0.729 bits per heavy atom. The molecule has 7 aromatic rings. The summed E-state index contributed by atoms with van der Waals surface area (Å²) in [7, 11) is 0. The molecule has 0 saturated heterocycles. The minimum absolute atomic E-state index is 0.171. The number of hydrogen-bond acceptors (Lipinski definition) is 0. The van der Waals surface area contributed by atoms with Crippen LogP contribution in [-0.4, -0.2) is 0 Å². The second-order valence-corrected chi connectivity index (χ2v) is 19.9. The van der Waals surface area contributed by atoms with Crippen LogP contribution in [-0.2, 0) is 10.8 Å². The van der Waals surface area contributed by atoms with Gasteiger partial charge in [0, 0.05) is 28.6 Å². The molecule has 7 aromatic carbocycles. The summed E-state index contributed by atoms with van der Waals surface area (Å²) in [4.78, 5) is 0. The van der Waals surface area contributed by atoms with E-state index in [4.69, 9.17) is 0 Å². The van der Waals surface area contributed by atoms with E-state index in [1.807, 2.05) is 0 Å². The van der Waals surface area contributed by atoms with Crippen LogP contribution < -0.4 is 0 Å². The van der Waals surface area contributed by atoms with Gasteiger partial charge in [0.25, 0.3) is 0 Å². The molecule has 8 aliphatic carbocycles. The van der Waals surface area contributed by atoms with Gasteiger partial charge in [-0.05, 0) is 176 Å². The smallest absolute Gasteiger partial charge is 0.0352 e. The van der Waals surface area contributed by atoms with Crippen molar-refractivity contribution in [3.63, 3.8) is 0 Å². The summed E-state index contributed by atoms with van der Waals surface area (Å²) in [6.45, 7) is 0. The van der Waals surface area contributed by atoms with Crippen LogP contribution in [0.4, 0.5) is 0 Å². The Hall–Kier alpha value is -5.46. The van der Waals surface area contributed by atoms with E-state index in [1.54, 1.807) is 33.4 Å². The van der Waals surface area contributed by atoms with E-state index in [-0.39, 0.29) is 28.6 Å². The van der Waals surface area contributed by atoms with E-state index in [1.165, 1.54) is 113 Å². The molecular formula is C59H48. The zero-order valence-corrected chi connectivity index (χ0v) is 33.6. The van der Waals surface area contributed by atoms with Crippen molar-refractivity contribution < 1.29 is 0 Å². The lowest BCUT2D eigenvalue weighted by atomic mass is 9.60. The first-order valence-electron chi connectivity index (χ1n) is 23.1. The summed E-state index contributed by atoms with van der Waals surface area (Å²) in [5.74, 6) is 3.64. The second kappa shape index (κ2) is 11.2. The van der Waals surface area contributed by atoms with Crippen LogP contribution in [0.2, 0.25) is 0 Å². The fourth-order valence-electron chi connectivity index (χ4n) is 16.7. The first kappa shape index (κ1) is 32.4. The number of fused-ring (bicyclic) bond motifs is 10. The minimum atomic E-state index is 0.171. The lowest BCUT2D eigenvalue weighted by molar-refractivity contribution is 0.399. The summed E-state index contributed by atoms with van der Waals surface area (Å²) in [5.41, 5.74) is 26.5. The molecule has 2 spiro atoms. The molecule has 15 rings (SSSR count). The van der Waals surface area contributed by atoms with Crippen molar-refractivity contribution in [2.45, 2.75) is 80.0 Å². The van der Waals surface area contributed by atoms with Crippen molar-refractivity contribution in [2.75, 3.05) is 0 Å². The molecule has 0 aliphatic heterocycles. The van der Waals surface area contributed by atoms with Crippen molar-refractivity contribution in [1.82, 2.24) is 0 Å². The highest BCUT2D eigenvalue weighted by molar-refractivity contribution is 5.87. The fourth-order valence-corrected chi connectivity index (χ4v) is 16.7. The molecule has 8 aliphatic rings. The van der Waals surface area contributed by atoms with Crippen LogP contribution in [0.15, 0.2) is 152 Å². The van der Waals surface area contributed by atoms with Crippen LogP contribution in [0.3, 0.4) is 0 Å². The highest BCUT2D eigenvalue weighted by Crippen LogP contribution is 2.70. The van der Waals surface area contributed by atoms with Gasteiger partial charge in [0.1, 0.15) is 0 Å². The van der Waals surface area contributed by atoms with E-state index in [0.717, 1.165) is 23.7 Å². The van der Waals surface area contributed by atoms with Crippen LogP contribution in [0, 0.1) is 23.7 Å². The Labute approximate surface area is 348 Å². The molecule has 59 heavy (non-hydrogen) atoms. The third-order valence-corrected chi connectivity index (χ3v) is 18.3. The normalized spacial score (nSPS) is 31.2. The van der Waals surface area contributed by atoms with Gasteiger partial charge < -0.3 is 0 Å². The third kappa shape index (κ3) is 3.66. The van der Waals surface area contributed by atoms with Crippen LogP contribution >= 0.6 is 0 Å². The van der Waals surface area contributed by atoms with Gasteiger partial charge in [-0.3, -0.25) is 0 Å². The molecular weight excluding hydrogens is 709 g/mol. The second-order valence-electron chi connectivity index (χ2n) is 19.9. The van der Waals surface area contributed by atoms with E-state index < -0.39 is 0 Å². The van der Waals surface area contributed by atoms with Gasteiger partial charge in [-0.2, -0.15) is 0 Å². The van der Waals surface area contributed by atoms with Crippen LogP contribution in [0.1, 0.15) is 141 Å². The van der Waals surface area contributed by atoms with Gasteiger partial charge in [0.15, 0.2) is 0 Å². The highest BCUT2D eigenvalue weighted by Gasteiger charge is 2.61. The molecule has 0 N–H and O–H groups in total. The molecule has 4 saturated carbocycles. The first-order chi connectivity index (χ1) is 29.3. The predicted octanol–water partition coefficient (Wildman–Crippen LogP) is 14.0. The van der Waals surface area contributed by atoms with Crippen LogP contribution in [0.25, 0.3) is 22.3 Å². The lowest BCUT2D eigenvalue weighted by Gasteiger charge is -2.43. The molecule has 0 nitrogen and oxygen atoms in total. The van der Waals surface area contributed by atoms with Crippen molar-refractivity contribution in [1.29, 1.82) is 0 Å². The monoisotopic (exact) mass is 756 g/mol. The molecule has 3 unspecified atom stereocenters. The van der Waals surface area contributed by atoms with E-state index in [9.17, 15) is 0 Å². The van der Waals surface area contributed by atoms with E-state index >= 15 is 0 Å². The SMILES string of the molecule is c1ccc2c(c1)-c1cc(C3c4ccccc4C4c5ccccc5C(c5cccc6c5-c5ccccc5C65C6CCC5CC6)c5cccc3c54)ccc1C21C2CCC1CC2. The van der Waals surface area contributed by atoms with E-state index in [2.05, 4.69) is 152 Å². The average Bonchev–Trinajstić information content (AvgIpc) is 4.15. The van der Waals surface area contributed by atoms with E-state index in [0.29, 0.717) is 0 Å². The van der Waals surface area contributed by atoms with Gasteiger partial charge in [0.2, 0.25) is 0 Å². The molecule has 0 amide bonds. The molecule has 0 heterocycles. The van der Waals surface area contributed by atoms with Gasteiger partial charge in [0.05, 0.1) is 0 Å². The quantitative estimate of drug-likeness (QED) is 0.165. The van der Waals surface area contributed by atoms with Gasteiger partial charge >= 0.3 is 0 Å². The Morgan fingerprint density at radius 1 is 0.305 bits per heavy atom. The minimum Gasteiger partial charge on any atom is -0.0619 e. The Kier molecular flexibility index (Phi) is 6.16. The maximum Gasteiger partial charge on any atom is 0.0352 e. The maximum atomic E-state index is 2.66. The lowest BCUT2D eigenvalue weighted by Crippen LogP contribution is -2.31. The first-order valence-corrected chi connectivity index (χ1v) is 23.1. The third-order valence-electron chi connectivity index (χ3n) is 18.3. The Balaban J connectivity index is 0.967. The number of rotatable bonds is 2. The standard InChI is InChI=1S/C59H48/c1-3-14-42-40(12-1)53(34-23-32-51-48(33-34)39-11-5-7-20-49(39)58(51)35-24-25-36(58)27-26-35)45-17-9-18-47-54(41-13-2-4-15-43(41)56(42)57(45)47)46-19-10-22-52-55(46)44-16-6-8-21-50(44)59(52)37-28-29-38(59)31-30-37/h1-23,32-33,35-38,53-54,56H,24-31H2. The van der Waals surface area contributed by atoms with Crippen LogP contribution in [0.5, 0.6) is 0 Å². The maximum absolute atomic E-state index is 2.66.